The normalized spacial score (nSPS) is 10.6. The topological polar surface area (TPSA) is 46.2 Å². The van der Waals surface area contributed by atoms with Crippen LogP contribution in [0.1, 0.15) is 27.6 Å². The molecule has 2 aromatic carbocycles. The van der Waals surface area contributed by atoms with Crippen LogP contribution < -0.4 is 5.32 Å². The van der Waals surface area contributed by atoms with Gasteiger partial charge in [-0.15, -0.1) is 0 Å². The van der Waals surface area contributed by atoms with Crippen LogP contribution in [0, 0.1) is 5.82 Å². The minimum absolute atomic E-state index is 0.00331. The molecule has 0 aromatic heterocycles. The first-order valence-corrected chi connectivity index (χ1v) is 6.40. The van der Waals surface area contributed by atoms with Crippen molar-refractivity contribution in [1.29, 1.82) is 0 Å². The van der Waals surface area contributed by atoms with Crippen molar-refractivity contribution in [2.45, 2.75) is 6.92 Å². The Morgan fingerprint density at radius 1 is 0.952 bits per heavy atom. The van der Waals surface area contributed by atoms with E-state index < -0.39 is 0 Å². The lowest BCUT2D eigenvalue weighted by atomic mass is 10.1. The molecule has 0 saturated carbocycles. The Bertz CT molecular complexity index is 673. The Morgan fingerprint density at radius 3 is 2.10 bits per heavy atom. The van der Waals surface area contributed by atoms with E-state index in [1.54, 1.807) is 24.3 Å². The molecule has 3 nitrogen and oxygen atoms in total. The number of carbonyl (C=O) groups excluding carboxylic acids is 2. The van der Waals surface area contributed by atoms with Crippen molar-refractivity contribution in [2.24, 2.45) is 0 Å². The number of carbonyl (C=O) groups is 2. The molecule has 0 spiro atoms. The van der Waals surface area contributed by atoms with E-state index in [1.165, 1.54) is 43.5 Å². The number of hydrogen-bond donors (Lipinski definition) is 1. The van der Waals surface area contributed by atoms with Gasteiger partial charge in [0.2, 0.25) is 0 Å². The lowest BCUT2D eigenvalue weighted by Gasteiger charge is -2.01. The molecule has 0 saturated heterocycles. The molecule has 1 N–H and O–H groups in total. The number of rotatable bonds is 5. The van der Waals surface area contributed by atoms with Gasteiger partial charge in [-0.3, -0.25) is 9.59 Å². The zero-order valence-electron chi connectivity index (χ0n) is 11.5. The van der Waals surface area contributed by atoms with Gasteiger partial charge in [-0.25, -0.2) is 4.39 Å². The van der Waals surface area contributed by atoms with Crippen LogP contribution in [0.2, 0.25) is 0 Å². The van der Waals surface area contributed by atoms with Crippen molar-refractivity contribution in [3.05, 3.63) is 77.8 Å². The van der Waals surface area contributed by atoms with Gasteiger partial charge in [0.05, 0.1) is 0 Å². The van der Waals surface area contributed by atoms with Crippen LogP contribution in [0.25, 0.3) is 0 Å². The highest BCUT2D eigenvalue weighted by Crippen LogP contribution is 2.10. The summed E-state index contributed by atoms with van der Waals surface area (Å²) in [7, 11) is 0. The van der Waals surface area contributed by atoms with Gasteiger partial charge in [-0.1, -0.05) is 0 Å². The summed E-state index contributed by atoms with van der Waals surface area (Å²) in [5.74, 6) is -0.592. The van der Waals surface area contributed by atoms with Crippen LogP contribution in [-0.2, 0) is 0 Å². The fraction of sp³-hybridized carbons (Fsp3) is 0.0588. The Morgan fingerprint density at radius 2 is 1.52 bits per heavy atom. The average Bonchev–Trinajstić information content (AvgIpc) is 2.48. The van der Waals surface area contributed by atoms with Crippen molar-refractivity contribution in [3.8, 4) is 0 Å². The molecule has 0 bridgehead atoms. The monoisotopic (exact) mass is 283 g/mol. The molecule has 0 aliphatic rings. The maximum Gasteiger partial charge on any atom is 0.187 e. The maximum absolute atomic E-state index is 12.7. The first-order valence-electron chi connectivity index (χ1n) is 6.40. The average molecular weight is 283 g/mol. The third kappa shape index (κ3) is 4.11. The molecule has 0 radical (unpaired) electrons. The molecule has 0 fully saturated rings. The summed E-state index contributed by atoms with van der Waals surface area (Å²) in [4.78, 5) is 22.9. The van der Waals surface area contributed by atoms with Gasteiger partial charge in [0.1, 0.15) is 5.82 Å². The van der Waals surface area contributed by atoms with E-state index in [1.807, 2.05) is 0 Å². The first kappa shape index (κ1) is 14.7. The molecule has 2 rings (SSSR count). The second-order valence-corrected chi connectivity index (χ2v) is 4.48. The molecule has 0 aliphatic carbocycles. The Hall–Kier alpha value is -2.75. The Labute approximate surface area is 122 Å². The van der Waals surface area contributed by atoms with Gasteiger partial charge in [0.25, 0.3) is 0 Å². The number of halogens is 1. The molecule has 2 aromatic rings. The van der Waals surface area contributed by atoms with Gasteiger partial charge in [0, 0.05) is 29.1 Å². The lowest BCUT2D eigenvalue weighted by Crippen LogP contribution is -1.97. The summed E-state index contributed by atoms with van der Waals surface area (Å²) >= 11 is 0. The van der Waals surface area contributed by atoms with E-state index in [9.17, 15) is 14.0 Å². The zero-order chi connectivity index (χ0) is 15.2. The van der Waals surface area contributed by atoms with Crippen LogP contribution in [0.15, 0.2) is 60.8 Å². The summed E-state index contributed by atoms with van der Waals surface area (Å²) < 4.78 is 12.7. The number of benzene rings is 2. The fourth-order valence-corrected chi connectivity index (χ4v) is 1.73. The second kappa shape index (κ2) is 6.61. The minimum Gasteiger partial charge on any atom is -0.362 e. The van der Waals surface area contributed by atoms with Crippen LogP contribution in [0.3, 0.4) is 0 Å². The van der Waals surface area contributed by atoms with E-state index in [4.69, 9.17) is 0 Å². The molecule has 0 atom stereocenters. The minimum atomic E-state index is -0.376. The largest absolute Gasteiger partial charge is 0.362 e. The van der Waals surface area contributed by atoms with Crippen molar-refractivity contribution < 1.29 is 14.0 Å². The molecule has 4 heteroatoms. The molecular weight excluding hydrogens is 269 g/mol. The van der Waals surface area contributed by atoms with E-state index in [0.717, 1.165) is 5.69 Å². The number of allylic oxidation sites excluding steroid dienone is 1. The van der Waals surface area contributed by atoms with E-state index in [2.05, 4.69) is 5.32 Å². The summed E-state index contributed by atoms with van der Waals surface area (Å²) in [6.45, 7) is 1.50. The van der Waals surface area contributed by atoms with Crippen molar-refractivity contribution in [1.82, 2.24) is 0 Å². The third-order valence-corrected chi connectivity index (χ3v) is 2.90. The van der Waals surface area contributed by atoms with Gasteiger partial charge in [0.15, 0.2) is 11.6 Å². The fourth-order valence-electron chi connectivity index (χ4n) is 1.73. The predicted octanol–water partition coefficient (Wildman–Crippen LogP) is 3.84. The molecule has 0 heterocycles. The number of ketones is 2. The van der Waals surface area contributed by atoms with Crippen molar-refractivity contribution >= 4 is 17.3 Å². The molecule has 106 valence electrons. The Kier molecular flexibility index (Phi) is 4.61. The molecular formula is C17H14FNO2. The van der Waals surface area contributed by atoms with E-state index in [0.29, 0.717) is 11.1 Å². The highest BCUT2D eigenvalue weighted by molar-refractivity contribution is 6.04. The van der Waals surface area contributed by atoms with Crippen molar-refractivity contribution in [3.63, 3.8) is 0 Å². The highest BCUT2D eigenvalue weighted by atomic mass is 19.1. The summed E-state index contributed by atoms with van der Waals surface area (Å²) in [5, 5.41) is 2.94. The number of anilines is 1. The highest BCUT2D eigenvalue weighted by Gasteiger charge is 2.01. The van der Waals surface area contributed by atoms with Crippen LogP contribution in [0.5, 0.6) is 0 Å². The van der Waals surface area contributed by atoms with Crippen molar-refractivity contribution in [2.75, 3.05) is 5.32 Å². The number of nitrogens with one attached hydrogen (secondary N) is 1. The van der Waals surface area contributed by atoms with E-state index >= 15 is 0 Å². The third-order valence-electron chi connectivity index (χ3n) is 2.90. The summed E-state index contributed by atoms with van der Waals surface area (Å²) in [6, 6.07) is 12.3. The van der Waals surface area contributed by atoms with Crippen LogP contribution in [-0.4, -0.2) is 11.6 Å². The van der Waals surface area contributed by atoms with Crippen LogP contribution >= 0.6 is 0 Å². The molecule has 0 amide bonds. The van der Waals surface area contributed by atoms with E-state index in [-0.39, 0.29) is 17.4 Å². The molecule has 0 unspecified atom stereocenters. The number of hydrogen-bond acceptors (Lipinski definition) is 3. The van der Waals surface area contributed by atoms with Gasteiger partial charge in [-0.2, -0.15) is 0 Å². The Balaban J connectivity index is 1.97. The molecule has 21 heavy (non-hydrogen) atoms. The predicted molar refractivity (Wildman–Crippen MR) is 79.9 cm³/mol. The van der Waals surface area contributed by atoms with Gasteiger partial charge in [-0.05, 0) is 55.5 Å². The van der Waals surface area contributed by atoms with Crippen LogP contribution in [0.4, 0.5) is 10.1 Å². The second-order valence-electron chi connectivity index (χ2n) is 4.48. The summed E-state index contributed by atoms with van der Waals surface area (Å²) in [5.41, 5.74) is 1.82. The lowest BCUT2D eigenvalue weighted by molar-refractivity contribution is 0.101. The maximum atomic E-state index is 12.7. The molecule has 0 aliphatic heterocycles. The first-order chi connectivity index (χ1) is 10.1. The SMILES string of the molecule is CC(=O)c1ccc(N/C=C/C(=O)c2ccc(F)cc2)cc1. The standard InChI is InChI=1S/C17H14FNO2/c1-12(20)13-4-8-16(9-5-13)19-11-10-17(21)14-2-6-15(18)7-3-14/h2-11,19H,1H3/b11-10+. The quantitative estimate of drug-likeness (QED) is 0.670. The smallest absolute Gasteiger partial charge is 0.187 e. The van der Waals surface area contributed by atoms with Gasteiger partial charge >= 0.3 is 0 Å². The summed E-state index contributed by atoms with van der Waals surface area (Å²) in [6.07, 6.45) is 2.88. The number of Topliss-reactive ketones (excluding diaryl/α,β-unsaturated/α-hetero) is 1. The zero-order valence-corrected chi connectivity index (χ0v) is 11.5. The van der Waals surface area contributed by atoms with Gasteiger partial charge < -0.3 is 5.32 Å².